The normalized spacial score (nSPS) is 23.6. The van der Waals surface area contributed by atoms with Crippen LogP contribution in [0.15, 0.2) is 18.2 Å². The van der Waals surface area contributed by atoms with Gasteiger partial charge in [-0.2, -0.15) is 13.2 Å². The van der Waals surface area contributed by atoms with E-state index in [4.69, 9.17) is 10.8 Å². The molecule has 0 aliphatic heterocycles. The molecule has 1 aromatic rings. The van der Waals surface area contributed by atoms with Crippen molar-refractivity contribution in [1.29, 1.82) is 0 Å². The van der Waals surface area contributed by atoms with Gasteiger partial charge in [-0.15, -0.1) is 0 Å². The van der Waals surface area contributed by atoms with E-state index in [9.17, 15) is 18.0 Å². The Morgan fingerprint density at radius 2 is 2.06 bits per heavy atom. The van der Waals surface area contributed by atoms with E-state index in [1.54, 1.807) is 0 Å². The molecule has 0 fully saturated rings. The summed E-state index contributed by atoms with van der Waals surface area (Å²) in [4.78, 5) is 11.2. The first-order valence-corrected chi connectivity index (χ1v) is 5.49. The summed E-state index contributed by atoms with van der Waals surface area (Å²) in [6, 6.07) is 2.97. The number of benzene rings is 1. The monoisotopic (exact) mass is 259 g/mol. The molecule has 0 spiro atoms. The lowest BCUT2D eigenvalue weighted by Gasteiger charge is -2.30. The summed E-state index contributed by atoms with van der Waals surface area (Å²) >= 11 is 0. The topological polar surface area (TPSA) is 63.3 Å². The maximum absolute atomic E-state index is 12.9. The number of hydrogen-bond donors (Lipinski definition) is 2. The first-order chi connectivity index (χ1) is 8.32. The molecule has 2 atom stereocenters. The van der Waals surface area contributed by atoms with Crippen LogP contribution in [-0.2, 0) is 17.4 Å². The van der Waals surface area contributed by atoms with Crippen LogP contribution in [0.25, 0.3) is 0 Å². The van der Waals surface area contributed by atoms with E-state index in [1.807, 2.05) is 0 Å². The van der Waals surface area contributed by atoms with Crippen molar-refractivity contribution in [3.63, 3.8) is 0 Å². The minimum atomic E-state index is -4.56. The van der Waals surface area contributed by atoms with Gasteiger partial charge in [0.05, 0.1) is 11.5 Å². The third-order valence-corrected chi connectivity index (χ3v) is 3.25. The number of fused-ring (bicyclic) bond motifs is 1. The largest absolute Gasteiger partial charge is 0.481 e. The number of carbonyl (C=O) groups is 1. The Kier molecular flexibility index (Phi) is 3.06. The van der Waals surface area contributed by atoms with Gasteiger partial charge in [-0.1, -0.05) is 12.1 Å². The van der Waals surface area contributed by atoms with Gasteiger partial charge in [-0.3, -0.25) is 4.79 Å². The molecule has 2 unspecified atom stereocenters. The van der Waals surface area contributed by atoms with Crippen LogP contribution in [0.4, 0.5) is 13.2 Å². The molecule has 1 aliphatic rings. The number of halogens is 3. The van der Waals surface area contributed by atoms with Gasteiger partial charge >= 0.3 is 12.1 Å². The summed E-state index contributed by atoms with van der Waals surface area (Å²) in [6.07, 6.45) is -3.80. The quantitative estimate of drug-likeness (QED) is 0.812. The van der Waals surface area contributed by atoms with E-state index < -0.39 is 29.7 Å². The van der Waals surface area contributed by atoms with Crippen molar-refractivity contribution in [3.05, 3.63) is 34.9 Å². The zero-order valence-corrected chi connectivity index (χ0v) is 9.37. The fourth-order valence-corrected chi connectivity index (χ4v) is 2.46. The average molecular weight is 259 g/mol. The average Bonchev–Trinajstić information content (AvgIpc) is 2.26. The van der Waals surface area contributed by atoms with Crippen molar-refractivity contribution < 1.29 is 23.1 Å². The van der Waals surface area contributed by atoms with Crippen LogP contribution in [0.5, 0.6) is 0 Å². The third kappa shape index (κ3) is 2.08. The number of rotatable bonds is 1. The van der Waals surface area contributed by atoms with Gasteiger partial charge in [0, 0.05) is 6.04 Å². The lowest BCUT2D eigenvalue weighted by atomic mass is 9.77. The second kappa shape index (κ2) is 4.28. The molecule has 0 saturated carbocycles. The summed E-state index contributed by atoms with van der Waals surface area (Å²) in [5, 5.41) is 9.10. The zero-order valence-electron chi connectivity index (χ0n) is 9.37. The van der Waals surface area contributed by atoms with E-state index >= 15 is 0 Å². The summed E-state index contributed by atoms with van der Waals surface area (Å²) in [5.74, 6) is -2.59. The van der Waals surface area contributed by atoms with E-state index in [1.165, 1.54) is 12.1 Å². The van der Waals surface area contributed by atoms with Crippen molar-refractivity contribution in [2.45, 2.75) is 31.0 Å². The van der Waals surface area contributed by atoms with Crippen LogP contribution in [0.1, 0.15) is 29.0 Å². The number of aryl methyl sites for hydroxylation is 1. The third-order valence-electron chi connectivity index (χ3n) is 3.25. The van der Waals surface area contributed by atoms with Crippen LogP contribution in [0.2, 0.25) is 0 Å². The smallest absolute Gasteiger partial charge is 0.416 e. The molecule has 0 heterocycles. The summed E-state index contributed by atoms with van der Waals surface area (Å²) in [5.41, 5.74) is 5.03. The van der Waals surface area contributed by atoms with Crippen molar-refractivity contribution >= 4 is 5.97 Å². The lowest BCUT2D eigenvalue weighted by molar-refractivity contribution is -0.142. The molecule has 18 heavy (non-hydrogen) atoms. The summed E-state index contributed by atoms with van der Waals surface area (Å²) in [6.45, 7) is 0. The Hall–Kier alpha value is -1.56. The number of nitrogens with two attached hydrogens (primary N) is 1. The Morgan fingerprint density at radius 1 is 1.39 bits per heavy atom. The van der Waals surface area contributed by atoms with E-state index in [-0.39, 0.29) is 5.56 Å². The summed E-state index contributed by atoms with van der Waals surface area (Å²) in [7, 11) is 0. The molecule has 1 aromatic carbocycles. The zero-order chi connectivity index (χ0) is 13.5. The molecule has 6 heteroatoms. The van der Waals surface area contributed by atoms with Gasteiger partial charge in [0.1, 0.15) is 0 Å². The standard InChI is InChI=1S/C12H12F3NO2/c13-12(14,15)7-3-1-2-6-4-5-8(16)10(9(6)7)11(17)18/h1-3,8,10H,4-5,16H2,(H,17,18). The maximum Gasteiger partial charge on any atom is 0.416 e. The van der Waals surface area contributed by atoms with Gasteiger partial charge < -0.3 is 10.8 Å². The molecule has 0 radical (unpaired) electrons. The molecular formula is C12H12F3NO2. The lowest BCUT2D eigenvalue weighted by Crippen LogP contribution is -2.39. The minimum absolute atomic E-state index is 0.170. The van der Waals surface area contributed by atoms with Gasteiger partial charge in [-0.25, -0.2) is 0 Å². The SMILES string of the molecule is NC1CCc2cccc(C(F)(F)F)c2C1C(=O)O. The fraction of sp³-hybridized carbons (Fsp3) is 0.417. The second-order valence-corrected chi connectivity index (χ2v) is 4.39. The number of carboxylic acid groups (broad SMARTS) is 1. The number of hydrogen-bond acceptors (Lipinski definition) is 2. The van der Waals surface area contributed by atoms with Gasteiger partial charge in [0.15, 0.2) is 0 Å². The van der Waals surface area contributed by atoms with Crippen LogP contribution < -0.4 is 5.73 Å². The molecule has 0 aromatic heterocycles. The van der Waals surface area contributed by atoms with Gasteiger partial charge in [0.25, 0.3) is 0 Å². The first-order valence-electron chi connectivity index (χ1n) is 5.49. The van der Waals surface area contributed by atoms with Crippen LogP contribution in [0, 0.1) is 0 Å². The molecule has 3 nitrogen and oxygen atoms in total. The van der Waals surface area contributed by atoms with Crippen molar-refractivity contribution in [2.75, 3.05) is 0 Å². The van der Waals surface area contributed by atoms with Crippen LogP contribution >= 0.6 is 0 Å². The van der Waals surface area contributed by atoms with E-state index in [0.717, 1.165) is 6.07 Å². The molecule has 0 amide bonds. The van der Waals surface area contributed by atoms with Crippen molar-refractivity contribution in [3.8, 4) is 0 Å². The molecule has 1 aliphatic carbocycles. The predicted octanol–water partition coefficient (Wildman–Crippen LogP) is 2.15. The highest BCUT2D eigenvalue weighted by Crippen LogP contribution is 2.41. The highest BCUT2D eigenvalue weighted by Gasteiger charge is 2.41. The predicted molar refractivity (Wildman–Crippen MR) is 58.1 cm³/mol. The van der Waals surface area contributed by atoms with E-state index in [0.29, 0.717) is 18.4 Å². The highest BCUT2D eigenvalue weighted by atomic mass is 19.4. The Balaban J connectivity index is 2.65. The molecule has 98 valence electrons. The van der Waals surface area contributed by atoms with Crippen molar-refractivity contribution in [1.82, 2.24) is 0 Å². The van der Waals surface area contributed by atoms with Gasteiger partial charge in [0.2, 0.25) is 0 Å². The molecule has 2 rings (SSSR count). The van der Waals surface area contributed by atoms with Crippen LogP contribution in [-0.4, -0.2) is 17.1 Å². The second-order valence-electron chi connectivity index (χ2n) is 4.39. The molecular weight excluding hydrogens is 247 g/mol. The Bertz CT molecular complexity index is 485. The van der Waals surface area contributed by atoms with Gasteiger partial charge in [-0.05, 0) is 30.0 Å². The fourth-order valence-electron chi connectivity index (χ4n) is 2.46. The minimum Gasteiger partial charge on any atom is -0.481 e. The number of alkyl halides is 3. The van der Waals surface area contributed by atoms with Crippen LogP contribution in [0.3, 0.4) is 0 Å². The van der Waals surface area contributed by atoms with Crippen molar-refractivity contribution in [2.24, 2.45) is 5.73 Å². The number of carboxylic acids is 1. The maximum atomic E-state index is 12.9. The highest BCUT2D eigenvalue weighted by molar-refractivity contribution is 5.79. The van der Waals surface area contributed by atoms with E-state index in [2.05, 4.69) is 0 Å². The first kappa shape index (κ1) is 12.9. The number of aliphatic carboxylic acids is 1. The molecule has 0 bridgehead atoms. The summed E-state index contributed by atoms with van der Waals surface area (Å²) < 4.78 is 38.7. The molecule has 3 N–H and O–H groups in total. The Morgan fingerprint density at radius 3 is 2.61 bits per heavy atom. The Labute approximate surface area is 101 Å². The molecule has 0 saturated heterocycles.